The highest BCUT2D eigenvalue weighted by molar-refractivity contribution is 7.92. The van der Waals surface area contributed by atoms with E-state index < -0.39 is 22.0 Å². The van der Waals surface area contributed by atoms with Gasteiger partial charge in [-0.05, 0) is 42.8 Å². The van der Waals surface area contributed by atoms with E-state index in [0.717, 1.165) is 17.1 Å². The van der Waals surface area contributed by atoms with Gasteiger partial charge in [-0.15, -0.1) is 0 Å². The van der Waals surface area contributed by atoms with Crippen molar-refractivity contribution in [3.63, 3.8) is 0 Å². The zero-order valence-corrected chi connectivity index (χ0v) is 19.9. The van der Waals surface area contributed by atoms with Crippen molar-refractivity contribution in [1.29, 1.82) is 0 Å². The number of amides is 1. The fourth-order valence-electron chi connectivity index (χ4n) is 4.11. The summed E-state index contributed by atoms with van der Waals surface area (Å²) in [6.45, 7) is 2.02. The number of fused-ring (bicyclic) bond motifs is 1. The Morgan fingerprint density at radius 2 is 1.69 bits per heavy atom. The Balaban J connectivity index is 1.39. The van der Waals surface area contributed by atoms with Gasteiger partial charge in [-0.2, -0.15) is 0 Å². The van der Waals surface area contributed by atoms with E-state index in [1.54, 1.807) is 48.7 Å². The number of para-hydroxylation sites is 3. The maximum atomic E-state index is 13.4. The molecule has 1 aliphatic rings. The summed E-state index contributed by atoms with van der Waals surface area (Å²) < 4.78 is 36.0. The lowest BCUT2D eigenvalue weighted by atomic mass is 10.1. The third kappa shape index (κ3) is 4.38. The average molecular weight is 489 g/mol. The summed E-state index contributed by atoms with van der Waals surface area (Å²) >= 11 is 0. The minimum atomic E-state index is -3.89. The summed E-state index contributed by atoms with van der Waals surface area (Å²) in [5.41, 5.74) is 2.21. The first-order valence-corrected chi connectivity index (χ1v) is 12.6. The van der Waals surface area contributed by atoms with Crippen LogP contribution in [0.5, 0.6) is 5.75 Å². The van der Waals surface area contributed by atoms with E-state index in [0.29, 0.717) is 11.4 Å². The van der Waals surface area contributed by atoms with Gasteiger partial charge in [-0.1, -0.05) is 48.5 Å². The quantitative estimate of drug-likeness (QED) is 0.449. The smallest absolute Gasteiger partial charge is 0.264 e. The summed E-state index contributed by atoms with van der Waals surface area (Å²) in [5.74, 6) is 0.774. The molecular formula is C26H24N4O4S. The minimum Gasteiger partial charge on any atom is -0.476 e. The average Bonchev–Trinajstić information content (AvgIpc) is 3.32. The molecule has 0 aliphatic carbocycles. The second kappa shape index (κ2) is 9.27. The molecule has 0 unspecified atom stereocenters. The van der Waals surface area contributed by atoms with Gasteiger partial charge in [0, 0.05) is 18.9 Å². The molecule has 3 aromatic carbocycles. The summed E-state index contributed by atoms with van der Waals surface area (Å²) in [6.07, 6.45) is 2.58. The fourth-order valence-corrected chi connectivity index (χ4v) is 5.61. The van der Waals surface area contributed by atoms with Gasteiger partial charge in [0.05, 0.1) is 22.8 Å². The van der Waals surface area contributed by atoms with Gasteiger partial charge in [-0.3, -0.25) is 9.10 Å². The number of ether oxygens (including phenoxy) is 1. The summed E-state index contributed by atoms with van der Waals surface area (Å²) in [5, 5.41) is 2.91. The summed E-state index contributed by atoms with van der Waals surface area (Å²) in [4.78, 5) is 17.6. The molecule has 4 aromatic rings. The topological polar surface area (TPSA) is 93.5 Å². The van der Waals surface area contributed by atoms with Gasteiger partial charge in [0.1, 0.15) is 11.6 Å². The molecule has 5 rings (SSSR count). The van der Waals surface area contributed by atoms with Crippen molar-refractivity contribution in [2.24, 2.45) is 0 Å². The van der Waals surface area contributed by atoms with Gasteiger partial charge in [-0.25, -0.2) is 13.4 Å². The lowest BCUT2D eigenvalue weighted by molar-refractivity contribution is -0.127. The van der Waals surface area contributed by atoms with E-state index in [1.165, 1.54) is 16.4 Å². The van der Waals surface area contributed by atoms with Gasteiger partial charge < -0.3 is 14.6 Å². The van der Waals surface area contributed by atoms with E-state index in [1.807, 2.05) is 42.0 Å². The van der Waals surface area contributed by atoms with Crippen LogP contribution in [-0.2, 0) is 21.4 Å². The van der Waals surface area contributed by atoms with Crippen molar-refractivity contribution in [2.45, 2.75) is 24.5 Å². The Hall–Kier alpha value is -4.11. The standard InChI is InChI=1S/C26H24N4O4S/c1-19-27-15-16-29(19)22-12-6-5-9-20(22)17-28-26(31)25-18-30(23-13-7-8-14-24(23)34-25)35(32,33)21-10-3-2-4-11-21/h2-16,25H,17-18H2,1H3,(H,28,31)/t25-/m1/s1. The number of aromatic nitrogens is 2. The number of sulfonamides is 1. The monoisotopic (exact) mass is 488 g/mol. The molecule has 1 aromatic heterocycles. The van der Waals surface area contributed by atoms with Crippen LogP contribution in [0, 0.1) is 6.92 Å². The van der Waals surface area contributed by atoms with Crippen LogP contribution in [0.25, 0.3) is 5.69 Å². The van der Waals surface area contributed by atoms with Crippen LogP contribution in [-0.4, -0.2) is 36.5 Å². The molecule has 8 nitrogen and oxygen atoms in total. The maximum Gasteiger partial charge on any atom is 0.264 e. The lowest BCUT2D eigenvalue weighted by Gasteiger charge is -2.34. The number of benzene rings is 3. The van der Waals surface area contributed by atoms with Gasteiger partial charge in [0.2, 0.25) is 0 Å². The first-order chi connectivity index (χ1) is 16.9. The fraction of sp³-hybridized carbons (Fsp3) is 0.154. The molecule has 0 radical (unpaired) electrons. The largest absolute Gasteiger partial charge is 0.476 e. The van der Waals surface area contributed by atoms with E-state index in [2.05, 4.69) is 10.3 Å². The SMILES string of the molecule is Cc1nccn1-c1ccccc1CNC(=O)[C@H]1CN(S(=O)(=O)c2ccccc2)c2ccccc2O1. The number of nitrogens with one attached hydrogen (secondary N) is 1. The Labute approximate surface area is 203 Å². The van der Waals surface area contributed by atoms with Crippen LogP contribution in [0.1, 0.15) is 11.4 Å². The highest BCUT2D eigenvalue weighted by Gasteiger charge is 2.37. The van der Waals surface area contributed by atoms with Crippen LogP contribution in [0.15, 0.2) is 96.2 Å². The van der Waals surface area contributed by atoms with E-state index in [4.69, 9.17) is 4.74 Å². The van der Waals surface area contributed by atoms with Crippen LogP contribution in [0.4, 0.5) is 5.69 Å². The van der Waals surface area contributed by atoms with Crippen LogP contribution >= 0.6 is 0 Å². The second-order valence-corrected chi connectivity index (χ2v) is 9.98. The molecule has 1 atom stereocenters. The Morgan fingerprint density at radius 3 is 2.43 bits per heavy atom. The number of nitrogens with zero attached hydrogens (tertiary/aromatic N) is 3. The third-order valence-corrected chi connectivity index (χ3v) is 7.68. The molecule has 0 spiro atoms. The van der Waals surface area contributed by atoms with Crippen molar-refractivity contribution < 1.29 is 17.9 Å². The van der Waals surface area contributed by atoms with Crippen molar-refractivity contribution in [1.82, 2.24) is 14.9 Å². The highest BCUT2D eigenvalue weighted by Crippen LogP contribution is 2.36. The number of hydrogen-bond donors (Lipinski definition) is 1. The number of rotatable bonds is 6. The number of aryl methyl sites for hydroxylation is 1. The highest BCUT2D eigenvalue weighted by atomic mass is 32.2. The number of imidazole rings is 1. The number of hydrogen-bond acceptors (Lipinski definition) is 5. The van der Waals surface area contributed by atoms with Crippen LogP contribution in [0.2, 0.25) is 0 Å². The normalized spacial score (nSPS) is 15.2. The van der Waals surface area contributed by atoms with Crippen LogP contribution < -0.4 is 14.4 Å². The van der Waals surface area contributed by atoms with Crippen molar-refractivity contribution in [2.75, 3.05) is 10.8 Å². The molecule has 35 heavy (non-hydrogen) atoms. The molecule has 178 valence electrons. The van der Waals surface area contributed by atoms with Gasteiger partial charge in [0.25, 0.3) is 15.9 Å². The molecule has 0 saturated heterocycles. The summed E-state index contributed by atoms with van der Waals surface area (Å²) in [6, 6.07) is 22.7. The van der Waals surface area contributed by atoms with Crippen molar-refractivity contribution >= 4 is 21.6 Å². The van der Waals surface area contributed by atoms with Crippen molar-refractivity contribution in [3.8, 4) is 11.4 Å². The molecule has 9 heteroatoms. The van der Waals surface area contributed by atoms with Gasteiger partial charge in [0.15, 0.2) is 6.10 Å². The third-order valence-electron chi connectivity index (χ3n) is 5.89. The van der Waals surface area contributed by atoms with Gasteiger partial charge >= 0.3 is 0 Å². The Kier molecular flexibility index (Phi) is 6.00. The molecule has 1 aliphatic heterocycles. The van der Waals surface area contributed by atoms with Crippen LogP contribution in [0.3, 0.4) is 0 Å². The first kappa shape index (κ1) is 22.7. The first-order valence-electron chi connectivity index (χ1n) is 11.1. The van der Waals surface area contributed by atoms with E-state index in [-0.39, 0.29) is 18.0 Å². The molecular weight excluding hydrogens is 464 g/mol. The molecule has 1 N–H and O–H groups in total. The zero-order chi connectivity index (χ0) is 24.4. The number of anilines is 1. The zero-order valence-electron chi connectivity index (χ0n) is 19.0. The maximum absolute atomic E-state index is 13.4. The van der Waals surface area contributed by atoms with E-state index >= 15 is 0 Å². The second-order valence-electron chi connectivity index (χ2n) is 8.11. The Bertz CT molecular complexity index is 1470. The Morgan fingerprint density at radius 1 is 1.00 bits per heavy atom. The molecule has 0 saturated carbocycles. The number of carbonyl (C=O) groups excluding carboxylic acids is 1. The molecule has 0 bridgehead atoms. The van der Waals surface area contributed by atoms with E-state index in [9.17, 15) is 13.2 Å². The lowest BCUT2D eigenvalue weighted by Crippen LogP contribution is -2.50. The molecule has 1 amide bonds. The predicted molar refractivity (Wildman–Crippen MR) is 132 cm³/mol. The number of carbonyl (C=O) groups is 1. The summed E-state index contributed by atoms with van der Waals surface area (Å²) in [7, 11) is -3.89. The van der Waals surface area contributed by atoms with Crippen molar-refractivity contribution in [3.05, 3.63) is 103 Å². The molecule has 0 fully saturated rings. The molecule has 2 heterocycles. The minimum absolute atomic E-state index is 0.137. The predicted octanol–water partition coefficient (Wildman–Crippen LogP) is 3.45.